The van der Waals surface area contributed by atoms with Gasteiger partial charge in [-0.3, -0.25) is 9.59 Å². The number of nitrogens with two attached hydrogens (primary N) is 1. The van der Waals surface area contributed by atoms with Gasteiger partial charge in [-0.25, -0.2) is 0 Å². The summed E-state index contributed by atoms with van der Waals surface area (Å²) in [7, 11) is 0. The van der Waals surface area contributed by atoms with Crippen LogP contribution in [-0.2, 0) is 9.59 Å². The number of hydrogen-bond donors (Lipinski definition) is 2. The normalized spacial score (nSPS) is 14.4. The topological polar surface area (TPSA) is 84.7 Å². The first-order valence-electron chi connectivity index (χ1n) is 7.45. The van der Waals surface area contributed by atoms with Gasteiger partial charge in [0.05, 0.1) is 0 Å². The van der Waals surface area contributed by atoms with Crippen LogP contribution in [0.5, 0.6) is 5.75 Å². The van der Waals surface area contributed by atoms with Gasteiger partial charge in [-0.15, -0.1) is 12.4 Å². The molecule has 1 saturated heterocycles. The fourth-order valence-corrected chi connectivity index (χ4v) is 2.28. The van der Waals surface area contributed by atoms with Gasteiger partial charge >= 0.3 is 0 Å². The van der Waals surface area contributed by atoms with Crippen LogP contribution >= 0.6 is 12.4 Å². The lowest BCUT2D eigenvalue weighted by Crippen LogP contribution is -2.50. The molecule has 1 aliphatic rings. The number of amides is 2. The number of halogens is 1. The lowest BCUT2D eigenvalue weighted by Gasteiger charge is -2.24. The molecular weight excluding hydrogens is 318 g/mol. The monoisotopic (exact) mass is 341 g/mol. The van der Waals surface area contributed by atoms with Crippen molar-refractivity contribution in [1.29, 1.82) is 0 Å². The van der Waals surface area contributed by atoms with Gasteiger partial charge in [-0.2, -0.15) is 0 Å². The fourth-order valence-electron chi connectivity index (χ4n) is 2.28. The second-order valence-electron chi connectivity index (χ2n) is 6.07. The van der Waals surface area contributed by atoms with Crippen molar-refractivity contribution in [2.24, 2.45) is 5.73 Å². The molecule has 0 spiro atoms. The molecule has 23 heavy (non-hydrogen) atoms. The highest BCUT2D eigenvalue weighted by atomic mass is 35.5. The van der Waals surface area contributed by atoms with Crippen LogP contribution in [0.15, 0.2) is 24.3 Å². The summed E-state index contributed by atoms with van der Waals surface area (Å²) in [4.78, 5) is 25.3. The molecule has 1 fully saturated rings. The van der Waals surface area contributed by atoms with Crippen molar-refractivity contribution in [3.05, 3.63) is 24.3 Å². The highest BCUT2D eigenvalue weighted by molar-refractivity contribution is 5.95. The van der Waals surface area contributed by atoms with Crippen molar-refractivity contribution >= 4 is 29.9 Å². The van der Waals surface area contributed by atoms with E-state index in [1.165, 1.54) is 0 Å². The van der Waals surface area contributed by atoms with E-state index in [4.69, 9.17) is 10.5 Å². The Morgan fingerprint density at radius 2 is 2.17 bits per heavy atom. The number of carbonyl (C=O) groups is 2. The van der Waals surface area contributed by atoms with Crippen molar-refractivity contribution in [1.82, 2.24) is 5.32 Å². The number of carbonyl (C=O) groups excluding carboxylic acids is 2. The van der Waals surface area contributed by atoms with Gasteiger partial charge in [0.25, 0.3) is 5.91 Å². The third kappa shape index (κ3) is 5.41. The molecule has 0 bridgehead atoms. The van der Waals surface area contributed by atoms with Crippen LogP contribution in [0.2, 0.25) is 0 Å². The molecule has 0 saturated carbocycles. The van der Waals surface area contributed by atoms with Crippen LogP contribution in [0.25, 0.3) is 0 Å². The quantitative estimate of drug-likeness (QED) is 0.820. The highest BCUT2D eigenvalue weighted by Gasteiger charge is 2.22. The van der Waals surface area contributed by atoms with E-state index in [1.807, 2.05) is 26.0 Å². The first-order chi connectivity index (χ1) is 10.4. The van der Waals surface area contributed by atoms with Gasteiger partial charge in [0.1, 0.15) is 5.75 Å². The predicted octanol–water partition coefficient (Wildman–Crippen LogP) is 1.47. The molecule has 1 aromatic carbocycles. The van der Waals surface area contributed by atoms with Gasteiger partial charge in [-0.1, -0.05) is 6.07 Å². The Morgan fingerprint density at radius 3 is 2.78 bits per heavy atom. The molecule has 0 radical (unpaired) electrons. The van der Waals surface area contributed by atoms with Crippen LogP contribution in [0, 0.1) is 0 Å². The Balaban J connectivity index is 0.00000264. The average molecular weight is 342 g/mol. The molecule has 2 amide bonds. The molecule has 1 aliphatic heterocycles. The summed E-state index contributed by atoms with van der Waals surface area (Å²) >= 11 is 0. The zero-order chi connectivity index (χ0) is 16.2. The summed E-state index contributed by atoms with van der Waals surface area (Å²) < 4.78 is 5.50. The Labute approximate surface area is 142 Å². The maximum Gasteiger partial charge on any atom is 0.258 e. The van der Waals surface area contributed by atoms with E-state index in [0.29, 0.717) is 18.7 Å². The van der Waals surface area contributed by atoms with Crippen LogP contribution in [0.3, 0.4) is 0 Å². The maximum atomic E-state index is 11.8. The molecule has 0 aromatic heterocycles. The molecule has 6 nitrogen and oxygen atoms in total. The second-order valence-corrected chi connectivity index (χ2v) is 6.07. The van der Waals surface area contributed by atoms with Gasteiger partial charge in [-0.05, 0) is 32.4 Å². The van der Waals surface area contributed by atoms with Crippen molar-refractivity contribution in [2.75, 3.05) is 24.6 Å². The van der Waals surface area contributed by atoms with E-state index < -0.39 is 5.54 Å². The predicted molar refractivity (Wildman–Crippen MR) is 92.0 cm³/mol. The number of ether oxygens (including phenoxy) is 1. The summed E-state index contributed by atoms with van der Waals surface area (Å²) in [6, 6.07) is 7.24. The molecule has 1 aromatic rings. The van der Waals surface area contributed by atoms with Gasteiger partial charge in [0, 0.05) is 36.8 Å². The Hall–Kier alpha value is -1.79. The van der Waals surface area contributed by atoms with E-state index in [-0.39, 0.29) is 30.8 Å². The minimum Gasteiger partial charge on any atom is -0.484 e. The van der Waals surface area contributed by atoms with E-state index >= 15 is 0 Å². The third-order valence-corrected chi connectivity index (χ3v) is 3.56. The third-order valence-electron chi connectivity index (χ3n) is 3.56. The molecule has 1 heterocycles. The Morgan fingerprint density at radius 1 is 1.43 bits per heavy atom. The summed E-state index contributed by atoms with van der Waals surface area (Å²) in [5, 5.41) is 2.80. The largest absolute Gasteiger partial charge is 0.484 e. The number of nitrogens with one attached hydrogen (secondary N) is 1. The minimum atomic E-state index is -0.454. The fraction of sp³-hybridized carbons (Fsp3) is 0.500. The van der Waals surface area contributed by atoms with Gasteiger partial charge in [0.15, 0.2) is 6.61 Å². The first kappa shape index (κ1) is 19.3. The lowest BCUT2D eigenvalue weighted by molar-refractivity contribution is -0.124. The van der Waals surface area contributed by atoms with Crippen molar-refractivity contribution in [2.45, 2.75) is 32.2 Å². The number of nitrogens with zero attached hydrogens (tertiary/aromatic N) is 1. The SMILES string of the molecule is CC(C)(CN)NC(=O)COc1cccc(N2CCCC2=O)c1.Cl. The highest BCUT2D eigenvalue weighted by Crippen LogP contribution is 2.25. The molecule has 0 atom stereocenters. The zero-order valence-corrected chi connectivity index (χ0v) is 14.3. The molecule has 7 heteroatoms. The van der Waals surface area contributed by atoms with Crippen molar-refractivity contribution < 1.29 is 14.3 Å². The van der Waals surface area contributed by atoms with E-state index in [2.05, 4.69) is 5.32 Å². The van der Waals surface area contributed by atoms with E-state index in [0.717, 1.165) is 18.7 Å². The first-order valence-corrected chi connectivity index (χ1v) is 7.45. The van der Waals surface area contributed by atoms with Crippen LogP contribution in [0.1, 0.15) is 26.7 Å². The van der Waals surface area contributed by atoms with Gasteiger partial charge < -0.3 is 20.7 Å². The Bertz CT molecular complexity index is 563. The van der Waals surface area contributed by atoms with E-state index in [9.17, 15) is 9.59 Å². The average Bonchev–Trinajstić information content (AvgIpc) is 2.91. The second kappa shape index (κ2) is 8.17. The molecule has 0 unspecified atom stereocenters. The van der Waals surface area contributed by atoms with Crippen molar-refractivity contribution in [3.8, 4) is 5.75 Å². The number of rotatable bonds is 6. The summed E-state index contributed by atoms with van der Waals surface area (Å²) in [6.07, 6.45) is 1.46. The zero-order valence-electron chi connectivity index (χ0n) is 13.5. The van der Waals surface area contributed by atoms with Crippen LogP contribution in [-0.4, -0.2) is 37.0 Å². The number of anilines is 1. The molecule has 2 rings (SSSR count). The summed E-state index contributed by atoms with van der Waals surface area (Å²) in [5.74, 6) is 0.468. The summed E-state index contributed by atoms with van der Waals surface area (Å²) in [5.41, 5.74) is 5.93. The molecule has 128 valence electrons. The van der Waals surface area contributed by atoms with Gasteiger partial charge in [0.2, 0.25) is 5.91 Å². The van der Waals surface area contributed by atoms with Crippen LogP contribution in [0.4, 0.5) is 5.69 Å². The smallest absolute Gasteiger partial charge is 0.258 e. The van der Waals surface area contributed by atoms with E-state index in [1.54, 1.807) is 17.0 Å². The maximum absolute atomic E-state index is 11.8. The lowest BCUT2D eigenvalue weighted by atomic mass is 10.1. The Kier molecular flexibility index (Phi) is 6.84. The number of benzene rings is 1. The summed E-state index contributed by atoms with van der Waals surface area (Å²) in [6.45, 7) is 4.70. The molecule has 0 aliphatic carbocycles. The van der Waals surface area contributed by atoms with Crippen molar-refractivity contribution in [3.63, 3.8) is 0 Å². The minimum absolute atomic E-state index is 0. The van der Waals surface area contributed by atoms with Crippen LogP contribution < -0.4 is 20.7 Å². The molecular formula is C16H24ClN3O3. The molecule has 3 N–H and O–H groups in total. The number of hydrogen-bond acceptors (Lipinski definition) is 4. The standard InChI is InChI=1S/C16H23N3O3.ClH/c1-16(2,11-17)18-14(20)10-22-13-6-3-5-12(9-13)19-8-4-7-15(19)21;/h3,5-6,9H,4,7-8,10-11,17H2,1-2H3,(H,18,20);1H.